The second kappa shape index (κ2) is 6.00. The van der Waals surface area contributed by atoms with E-state index in [0.29, 0.717) is 24.3 Å². The molecule has 1 aromatic carbocycles. The minimum atomic E-state index is -1.33. The number of carbonyl (C=O) groups is 1. The number of likely N-dealkylation sites (N-methyl/N-ethyl adjacent to an activating group) is 1. The molecule has 1 fully saturated rings. The van der Waals surface area contributed by atoms with Crippen molar-refractivity contribution in [1.82, 2.24) is 9.88 Å². The number of nitrogens with zero attached hydrogens (tertiary/aromatic N) is 2. The van der Waals surface area contributed by atoms with E-state index >= 15 is 0 Å². The fraction of sp³-hybridized carbons (Fsp3) is 0.375. The highest BCUT2D eigenvalue weighted by Crippen LogP contribution is 2.25. The third-order valence-corrected chi connectivity index (χ3v) is 4.34. The molecule has 0 radical (unpaired) electrons. The number of H-pyrrole nitrogens is 1. The van der Waals surface area contributed by atoms with E-state index in [2.05, 4.69) is 16.8 Å². The van der Waals surface area contributed by atoms with Gasteiger partial charge in [0.25, 0.3) is 0 Å². The first-order valence-electron chi connectivity index (χ1n) is 7.56. The van der Waals surface area contributed by atoms with Crippen LogP contribution < -0.4 is 10.3 Å². The zero-order chi connectivity index (χ0) is 16.6. The van der Waals surface area contributed by atoms with Crippen molar-refractivity contribution >= 4 is 22.6 Å². The monoisotopic (exact) mass is 319 g/mol. The lowest BCUT2D eigenvalue weighted by atomic mass is 10.1. The molecule has 0 amide bonds. The molecule has 2 aromatic rings. The van der Waals surface area contributed by atoms with Crippen LogP contribution in [0.15, 0.2) is 23.1 Å². The van der Waals surface area contributed by atoms with Gasteiger partial charge >= 0.3 is 5.97 Å². The summed E-state index contributed by atoms with van der Waals surface area (Å²) in [5.74, 6) is -1.83. The molecule has 2 heterocycles. The number of carboxylic acid groups (broad SMARTS) is 1. The van der Waals surface area contributed by atoms with E-state index in [9.17, 15) is 14.0 Å². The molecule has 1 aromatic heterocycles. The number of piperazine rings is 1. The van der Waals surface area contributed by atoms with Gasteiger partial charge in [-0.25, -0.2) is 9.18 Å². The van der Waals surface area contributed by atoms with Gasteiger partial charge in [0, 0.05) is 37.8 Å². The lowest BCUT2D eigenvalue weighted by Gasteiger charge is -2.35. The molecule has 0 spiro atoms. The number of hydrogen-bond acceptors (Lipinski definition) is 4. The van der Waals surface area contributed by atoms with Crippen molar-refractivity contribution in [2.45, 2.75) is 6.92 Å². The average molecular weight is 319 g/mol. The predicted molar refractivity (Wildman–Crippen MR) is 85.8 cm³/mol. The van der Waals surface area contributed by atoms with Gasteiger partial charge in [-0.15, -0.1) is 0 Å². The standard InChI is InChI=1S/C16H18FN3O3/c1-2-19-3-5-20(6-4-19)14-8-13-10(7-12(14)17)15(21)11(9-18-13)16(22)23/h7-9H,2-6H2,1H3,(H,18,21)(H,22,23). The summed E-state index contributed by atoms with van der Waals surface area (Å²) >= 11 is 0. The molecule has 0 unspecified atom stereocenters. The second-order valence-corrected chi connectivity index (χ2v) is 5.61. The topological polar surface area (TPSA) is 76.6 Å². The van der Waals surface area contributed by atoms with Gasteiger partial charge in [-0.2, -0.15) is 0 Å². The summed E-state index contributed by atoms with van der Waals surface area (Å²) in [6, 6.07) is 2.71. The molecule has 1 aliphatic rings. The fourth-order valence-corrected chi connectivity index (χ4v) is 2.94. The molecule has 122 valence electrons. The average Bonchev–Trinajstić information content (AvgIpc) is 2.55. The maximum atomic E-state index is 14.4. The number of nitrogens with one attached hydrogen (secondary N) is 1. The van der Waals surface area contributed by atoms with Crippen molar-refractivity contribution in [2.24, 2.45) is 0 Å². The van der Waals surface area contributed by atoms with Crippen LogP contribution in [0.5, 0.6) is 0 Å². The number of anilines is 1. The van der Waals surface area contributed by atoms with Gasteiger partial charge in [0.15, 0.2) is 0 Å². The third-order valence-electron chi connectivity index (χ3n) is 4.34. The summed E-state index contributed by atoms with van der Waals surface area (Å²) in [6.07, 6.45) is 1.16. The number of aromatic nitrogens is 1. The van der Waals surface area contributed by atoms with Crippen molar-refractivity contribution in [3.8, 4) is 0 Å². The zero-order valence-electron chi connectivity index (χ0n) is 12.8. The summed E-state index contributed by atoms with van der Waals surface area (Å²) in [4.78, 5) is 30.1. The molecule has 23 heavy (non-hydrogen) atoms. The summed E-state index contributed by atoms with van der Waals surface area (Å²) in [6.45, 7) is 6.22. The highest BCUT2D eigenvalue weighted by atomic mass is 19.1. The maximum Gasteiger partial charge on any atom is 0.341 e. The van der Waals surface area contributed by atoms with E-state index in [0.717, 1.165) is 31.9 Å². The normalized spacial score (nSPS) is 16.0. The first-order chi connectivity index (χ1) is 11.0. The largest absolute Gasteiger partial charge is 0.477 e. The van der Waals surface area contributed by atoms with E-state index in [4.69, 9.17) is 5.11 Å². The van der Waals surface area contributed by atoms with Crippen LogP contribution in [0.2, 0.25) is 0 Å². The molecular formula is C16H18FN3O3. The highest BCUT2D eigenvalue weighted by Gasteiger charge is 2.20. The summed E-state index contributed by atoms with van der Waals surface area (Å²) in [5, 5.41) is 9.03. The van der Waals surface area contributed by atoms with Crippen LogP contribution in [-0.4, -0.2) is 53.7 Å². The Kier molecular flexibility index (Phi) is 4.04. The summed E-state index contributed by atoms with van der Waals surface area (Å²) in [7, 11) is 0. The van der Waals surface area contributed by atoms with Gasteiger partial charge < -0.3 is 19.9 Å². The first kappa shape index (κ1) is 15.5. The van der Waals surface area contributed by atoms with Gasteiger partial charge in [-0.05, 0) is 18.7 Å². The Labute approximate surface area is 132 Å². The van der Waals surface area contributed by atoms with Gasteiger partial charge in [0.05, 0.1) is 11.2 Å². The van der Waals surface area contributed by atoms with Crippen LogP contribution in [0.25, 0.3) is 10.9 Å². The number of carboxylic acids is 1. The smallest absolute Gasteiger partial charge is 0.341 e. The Morgan fingerprint density at radius 1 is 1.30 bits per heavy atom. The van der Waals surface area contributed by atoms with Gasteiger partial charge in [0.2, 0.25) is 5.43 Å². The Balaban J connectivity index is 2.01. The molecule has 0 saturated carbocycles. The first-order valence-corrected chi connectivity index (χ1v) is 7.56. The number of rotatable bonds is 3. The molecule has 0 aliphatic carbocycles. The van der Waals surface area contributed by atoms with E-state index in [-0.39, 0.29) is 10.9 Å². The molecule has 3 rings (SSSR count). The minimum Gasteiger partial charge on any atom is -0.477 e. The molecule has 1 saturated heterocycles. The maximum absolute atomic E-state index is 14.4. The molecular weight excluding hydrogens is 301 g/mol. The van der Waals surface area contributed by atoms with Crippen molar-refractivity contribution < 1.29 is 14.3 Å². The Hall–Kier alpha value is -2.41. The van der Waals surface area contributed by atoms with Crippen molar-refractivity contribution in [1.29, 1.82) is 0 Å². The van der Waals surface area contributed by atoms with Crippen LogP contribution >= 0.6 is 0 Å². The fourth-order valence-electron chi connectivity index (χ4n) is 2.94. The van der Waals surface area contributed by atoms with Crippen LogP contribution in [0.1, 0.15) is 17.3 Å². The Morgan fingerprint density at radius 2 is 2.00 bits per heavy atom. The van der Waals surface area contributed by atoms with Crippen LogP contribution in [0.4, 0.5) is 10.1 Å². The number of aromatic amines is 1. The van der Waals surface area contributed by atoms with E-state index < -0.39 is 17.2 Å². The van der Waals surface area contributed by atoms with Crippen molar-refractivity contribution in [3.63, 3.8) is 0 Å². The molecule has 7 heteroatoms. The number of aromatic carboxylic acids is 1. The number of pyridine rings is 1. The van der Waals surface area contributed by atoms with Crippen LogP contribution in [0.3, 0.4) is 0 Å². The third kappa shape index (κ3) is 2.79. The lowest BCUT2D eigenvalue weighted by molar-refractivity contribution is 0.0695. The van der Waals surface area contributed by atoms with Crippen LogP contribution in [0, 0.1) is 5.82 Å². The number of hydrogen-bond donors (Lipinski definition) is 2. The molecule has 0 atom stereocenters. The van der Waals surface area contributed by atoms with Crippen LogP contribution in [-0.2, 0) is 0 Å². The second-order valence-electron chi connectivity index (χ2n) is 5.61. The van der Waals surface area contributed by atoms with Gasteiger partial charge in [-0.1, -0.05) is 6.92 Å². The quantitative estimate of drug-likeness (QED) is 0.897. The number of fused-ring (bicyclic) bond motifs is 1. The summed E-state index contributed by atoms with van der Waals surface area (Å²) in [5.41, 5.74) is -0.185. The molecule has 0 bridgehead atoms. The highest BCUT2D eigenvalue weighted by molar-refractivity contribution is 5.93. The molecule has 6 nitrogen and oxygen atoms in total. The molecule has 2 N–H and O–H groups in total. The van der Waals surface area contributed by atoms with E-state index in [1.54, 1.807) is 6.07 Å². The number of halogens is 1. The predicted octanol–water partition coefficient (Wildman–Crippen LogP) is 1.51. The van der Waals surface area contributed by atoms with E-state index in [1.807, 2.05) is 4.90 Å². The van der Waals surface area contributed by atoms with Crippen molar-refractivity contribution in [2.75, 3.05) is 37.6 Å². The Morgan fingerprint density at radius 3 is 2.61 bits per heavy atom. The van der Waals surface area contributed by atoms with Crippen molar-refractivity contribution in [3.05, 3.63) is 39.9 Å². The minimum absolute atomic E-state index is 0.0540. The lowest BCUT2D eigenvalue weighted by Crippen LogP contribution is -2.46. The van der Waals surface area contributed by atoms with E-state index in [1.165, 1.54) is 0 Å². The van der Waals surface area contributed by atoms with Gasteiger partial charge in [-0.3, -0.25) is 4.79 Å². The molecule has 1 aliphatic heterocycles. The summed E-state index contributed by atoms with van der Waals surface area (Å²) < 4.78 is 14.4. The zero-order valence-corrected chi connectivity index (χ0v) is 12.8. The number of benzene rings is 1. The Bertz CT molecular complexity index is 810. The van der Waals surface area contributed by atoms with Gasteiger partial charge in [0.1, 0.15) is 11.4 Å². The SMILES string of the molecule is CCN1CCN(c2cc3[nH]cc(C(=O)O)c(=O)c3cc2F)CC1.